The smallest absolute Gasteiger partial charge is 0.0473 e. The first kappa shape index (κ1) is 14.8. The van der Waals surface area contributed by atoms with E-state index in [1.165, 1.54) is 51.7 Å². The first-order valence-corrected chi connectivity index (χ1v) is 8.43. The fraction of sp³-hybridized carbons (Fsp3) is 1.00. The van der Waals surface area contributed by atoms with Crippen molar-refractivity contribution in [1.29, 1.82) is 0 Å². The van der Waals surface area contributed by atoms with Crippen molar-refractivity contribution in [3.8, 4) is 0 Å². The van der Waals surface area contributed by atoms with Gasteiger partial charge in [0, 0.05) is 43.3 Å². The van der Waals surface area contributed by atoms with Gasteiger partial charge in [0.2, 0.25) is 0 Å². The molecule has 3 atom stereocenters. The highest BCUT2D eigenvalue weighted by Crippen LogP contribution is 2.40. The van der Waals surface area contributed by atoms with E-state index in [0.29, 0.717) is 12.1 Å². The molecule has 1 saturated carbocycles. The van der Waals surface area contributed by atoms with Crippen LogP contribution in [0.5, 0.6) is 0 Å². The van der Waals surface area contributed by atoms with Crippen LogP contribution in [-0.4, -0.2) is 78.6 Å². The van der Waals surface area contributed by atoms with E-state index in [0.717, 1.165) is 12.6 Å². The first-order valence-electron chi connectivity index (χ1n) is 8.43. The largest absolute Gasteiger partial charge is 0.329 e. The summed E-state index contributed by atoms with van der Waals surface area (Å²) in [5, 5.41) is 0. The molecule has 0 radical (unpaired) electrons. The van der Waals surface area contributed by atoms with Gasteiger partial charge in [-0.05, 0) is 59.7 Å². The lowest BCUT2D eigenvalue weighted by Gasteiger charge is -2.46. The lowest BCUT2D eigenvalue weighted by Crippen LogP contribution is -2.60. The van der Waals surface area contributed by atoms with Gasteiger partial charge in [0.05, 0.1) is 0 Å². The Hall–Kier alpha value is -0.160. The second-order valence-electron chi connectivity index (χ2n) is 7.55. The number of likely N-dealkylation sites (N-methyl/N-ethyl adjacent to an activating group) is 2. The molecule has 2 saturated heterocycles. The summed E-state index contributed by atoms with van der Waals surface area (Å²) >= 11 is 0. The summed E-state index contributed by atoms with van der Waals surface area (Å²) in [6, 6.07) is 2.25. The van der Waals surface area contributed by atoms with E-state index < -0.39 is 0 Å². The van der Waals surface area contributed by atoms with Crippen molar-refractivity contribution in [3.63, 3.8) is 0 Å². The van der Waals surface area contributed by atoms with Crippen LogP contribution in [0, 0.1) is 0 Å². The van der Waals surface area contributed by atoms with E-state index in [1.54, 1.807) is 0 Å². The summed E-state index contributed by atoms with van der Waals surface area (Å²) < 4.78 is 0. The van der Waals surface area contributed by atoms with Gasteiger partial charge in [0.25, 0.3) is 0 Å². The number of nitrogens with zero attached hydrogens (tertiary/aromatic N) is 3. The first-order chi connectivity index (χ1) is 9.55. The zero-order chi connectivity index (χ0) is 14.3. The molecule has 2 aliphatic heterocycles. The summed E-state index contributed by atoms with van der Waals surface area (Å²) in [5.41, 5.74) is 6.49. The van der Waals surface area contributed by atoms with Crippen molar-refractivity contribution in [3.05, 3.63) is 0 Å². The third kappa shape index (κ3) is 2.63. The van der Waals surface area contributed by atoms with Gasteiger partial charge in [-0.2, -0.15) is 0 Å². The summed E-state index contributed by atoms with van der Waals surface area (Å²) in [5.74, 6) is 0. The molecule has 2 N–H and O–H groups in total. The fourth-order valence-electron chi connectivity index (χ4n) is 4.51. The van der Waals surface area contributed by atoms with E-state index in [-0.39, 0.29) is 5.54 Å². The molecular weight excluding hydrogens is 248 g/mol. The van der Waals surface area contributed by atoms with Gasteiger partial charge >= 0.3 is 0 Å². The van der Waals surface area contributed by atoms with Crippen molar-refractivity contribution in [2.24, 2.45) is 5.73 Å². The molecule has 20 heavy (non-hydrogen) atoms. The summed E-state index contributed by atoms with van der Waals surface area (Å²) in [6.07, 6.45) is 6.72. The van der Waals surface area contributed by atoms with Gasteiger partial charge in [-0.3, -0.25) is 9.80 Å². The Morgan fingerprint density at radius 1 is 1.30 bits per heavy atom. The number of piperidine rings is 1. The number of nitrogens with two attached hydrogens (primary N) is 1. The van der Waals surface area contributed by atoms with Crippen molar-refractivity contribution >= 4 is 0 Å². The summed E-state index contributed by atoms with van der Waals surface area (Å²) in [7, 11) is 4.59. The third-order valence-corrected chi connectivity index (χ3v) is 6.01. The number of hydrogen-bond donors (Lipinski definition) is 1. The molecule has 3 unspecified atom stereocenters. The van der Waals surface area contributed by atoms with Gasteiger partial charge in [0.15, 0.2) is 0 Å². The topological polar surface area (TPSA) is 35.7 Å². The maximum absolute atomic E-state index is 6.27. The van der Waals surface area contributed by atoms with Crippen LogP contribution in [0.25, 0.3) is 0 Å². The molecule has 0 aromatic heterocycles. The molecule has 4 heteroatoms. The lowest BCUT2D eigenvalue weighted by atomic mass is 9.91. The molecule has 4 nitrogen and oxygen atoms in total. The predicted octanol–water partition coefficient (Wildman–Crippen LogP) is 0.967. The highest BCUT2D eigenvalue weighted by atomic mass is 15.3. The van der Waals surface area contributed by atoms with Crippen molar-refractivity contribution < 1.29 is 0 Å². The maximum atomic E-state index is 6.27. The van der Waals surface area contributed by atoms with Crippen LogP contribution in [0.15, 0.2) is 0 Å². The molecule has 116 valence electrons. The molecule has 3 fully saturated rings. The van der Waals surface area contributed by atoms with Crippen molar-refractivity contribution in [1.82, 2.24) is 14.7 Å². The van der Waals surface area contributed by atoms with E-state index >= 15 is 0 Å². The Morgan fingerprint density at radius 3 is 2.65 bits per heavy atom. The fourth-order valence-corrected chi connectivity index (χ4v) is 4.51. The zero-order valence-corrected chi connectivity index (χ0v) is 13.5. The van der Waals surface area contributed by atoms with Gasteiger partial charge in [-0.15, -0.1) is 0 Å². The summed E-state index contributed by atoms with van der Waals surface area (Å²) in [6.45, 7) is 6.85. The average Bonchev–Trinajstić information content (AvgIpc) is 3.22. The Morgan fingerprint density at radius 2 is 2.05 bits per heavy atom. The Balaban J connectivity index is 1.71. The van der Waals surface area contributed by atoms with Crippen LogP contribution < -0.4 is 5.73 Å². The monoisotopic (exact) mass is 280 g/mol. The van der Waals surface area contributed by atoms with E-state index in [4.69, 9.17) is 5.73 Å². The second kappa shape index (κ2) is 5.56. The summed E-state index contributed by atoms with van der Waals surface area (Å²) in [4.78, 5) is 7.86. The second-order valence-corrected chi connectivity index (χ2v) is 7.55. The number of hydrogen-bond acceptors (Lipinski definition) is 4. The molecule has 3 rings (SSSR count). The van der Waals surface area contributed by atoms with E-state index in [2.05, 4.69) is 35.7 Å². The number of rotatable bonds is 4. The molecule has 0 bridgehead atoms. The molecule has 0 amide bonds. The van der Waals surface area contributed by atoms with Gasteiger partial charge < -0.3 is 10.6 Å². The number of likely N-dealkylation sites (tertiary alicyclic amines) is 2. The molecule has 0 aromatic carbocycles. The quantitative estimate of drug-likeness (QED) is 0.832. The normalized spacial score (nSPS) is 40.6. The minimum Gasteiger partial charge on any atom is -0.329 e. The highest BCUT2D eigenvalue weighted by Gasteiger charge is 2.49. The Labute approximate surface area is 124 Å². The molecular formula is C16H32N4. The molecule has 0 spiro atoms. The van der Waals surface area contributed by atoms with Crippen LogP contribution in [0.1, 0.15) is 39.0 Å². The average molecular weight is 280 g/mol. The van der Waals surface area contributed by atoms with Gasteiger partial charge in [-0.1, -0.05) is 0 Å². The van der Waals surface area contributed by atoms with E-state index in [9.17, 15) is 0 Å². The Kier molecular flexibility index (Phi) is 4.10. The predicted molar refractivity (Wildman–Crippen MR) is 83.9 cm³/mol. The lowest BCUT2D eigenvalue weighted by molar-refractivity contribution is 0.0422. The highest BCUT2D eigenvalue weighted by molar-refractivity contribution is 5.07. The standard InChI is InChI=1S/C16H32N4/c1-13-9-16(11-17,12-20(13)14-6-7-14)19(3)15-5-4-8-18(2)10-15/h13-15H,4-12,17H2,1-3H3. The van der Waals surface area contributed by atoms with Gasteiger partial charge in [0.1, 0.15) is 0 Å². The van der Waals surface area contributed by atoms with Crippen LogP contribution in [-0.2, 0) is 0 Å². The van der Waals surface area contributed by atoms with E-state index in [1.807, 2.05) is 0 Å². The minimum atomic E-state index is 0.213. The third-order valence-electron chi connectivity index (χ3n) is 6.01. The molecule has 2 heterocycles. The van der Waals surface area contributed by atoms with Crippen molar-refractivity contribution in [2.45, 2.75) is 62.7 Å². The van der Waals surface area contributed by atoms with Crippen molar-refractivity contribution in [2.75, 3.05) is 40.3 Å². The Bertz CT molecular complexity index is 343. The molecule has 0 aromatic rings. The maximum Gasteiger partial charge on any atom is 0.0473 e. The van der Waals surface area contributed by atoms with Gasteiger partial charge in [-0.25, -0.2) is 0 Å². The minimum absolute atomic E-state index is 0.213. The SMILES string of the molecule is CC1CC(CN)(N(C)C2CCCN(C)C2)CN1C1CC1. The van der Waals surface area contributed by atoms with Crippen LogP contribution >= 0.6 is 0 Å². The van der Waals surface area contributed by atoms with Crippen LogP contribution in [0.2, 0.25) is 0 Å². The molecule has 3 aliphatic rings. The van der Waals surface area contributed by atoms with Crippen LogP contribution in [0.3, 0.4) is 0 Å². The van der Waals surface area contributed by atoms with Crippen LogP contribution in [0.4, 0.5) is 0 Å². The zero-order valence-electron chi connectivity index (χ0n) is 13.5. The molecule has 1 aliphatic carbocycles.